The first-order chi connectivity index (χ1) is 16.4. The monoisotopic (exact) mass is 498 g/mol. The van der Waals surface area contributed by atoms with E-state index < -0.39 is 23.2 Å². The zero-order valence-corrected chi connectivity index (χ0v) is 20.9. The van der Waals surface area contributed by atoms with E-state index in [1.165, 1.54) is 22.3 Å². The quantitative estimate of drug-likeness (QED) is 0.257. The van der Waals surface area contributed by atoms with Crippen LogP contribution in [0.2, 0.25) is 0 Å². The van der Waals surface area contributed by atoms with Crippen molar-refractivity contribution in [3.8, 4) is 0 Å². The van der Waals surface area contributed by atoms with Crippen LogP contribution in [-0.2, 0) is 23.2 Å². The molecule has 156 valence electrons. The Morgan fingerprint density at radius 1 is 0.455 bits per heavy atom. The van der Waals surface area contributed by atoms with Crippen molar-refractivity contribution in [2.24, 2.45) is 0 Å². The molecule has 0 saturated carbocycles. The fourth-order valence-corrected chi connectivity index (χ4v) is 9.53. The van der Waals surface area contributed by atoms with Crippen LogP contribution in [0.15, 0.2) is 108 Å². The van der Waals surface area contributed by atoms with Crippen molar-refractivity contribution < 1.29 is 23.2 Å². The zero-order valence-electron chi connectivity index (χ0n) is 18.5. The van der Waals surface area contributed by atoms with Crippen molar-refractivity contribution in [1.82, 2.24) is 0 Å². The van der Waals surface area contributed by atoms with Gasteiger partial charge in [0.15, 0.2) is 0 Å². The molecule has 1 aliphatic heterocycles. The summed E-state index contributed by atoms with van der Waals surface area (Å²) in [6.45, 7) is 0. The molecular weight excluding hydrogens is 476 g/mol. The molecule has 4 aromatic rings. The molecule has 0 amide bonds. The van der Waals surface area contributed by atoms with Crippen LogP contribution in [0, 0.1) is 0 Å². The summed E-state index contributed by atoms with van der Waals surface area (Å²) in [5, 5.41) is 0. The van der Waals surface area contributed by atoms with E-state index in [4.69, 9.17) is 0 Å². The van der Waals surface area contributed by atoms with Crippen molar-refractivity contribution in [3.63, 3.8) is 0 Å². The van der Waals surface area contributed by atoms with Gasteiger partial charge in [0, 0.05) is 0 Å². The van der Waals surface area contributed by atoms with Crippen molar-refractivity contribution in [1.29, 1.82) is 0 Å². The molecule has 2 atom stereocenters. The average Bonchev–Trinajstić information content (AvgIpc) is 3.41. The number of allylic oxidation sites excluding steroid dienone is 2. The average molecular weight is 500 g/mol. The number of rotatable bonds is 0. The molecule has 0 radical (unpaired) electrons. The van der Waals surface area contributed by atoms with Gasteiger partial charge in [-0.1, -0.05) is 0 Å². The SMILES string of the molecule is C1=C2CCC3=Cc4ccccc4C3c3cccc[c]3[Zr][c]3ccccc3C2c2ccccc21. The first-order valence-corrected chi connectivity index (χ1v) is 14.4. The summed E-state index contributed by atoms with van der Waals surface area (Å²) in [5.74, 6) is 0.817. The van der Waals surface area contributed by atoms with Gasteiger partial charge in [-0.15, -0.1) is 0 Å². The zero-order chi connectivity index (χ0) is 21.8. The van der Waals surface area contributed by atoms with Crippen LogP contribution >= 0.6 is 0 Å². The normalized spacial score (nSPS) is 19.9. The molecule has 0 fully saturated rings. The second-order valence-corrected chi connectivity index (χ2v) is 12.6. The van der Waals surface area contributed by atoms with Crippen molar-refractivity contribution >= 4 is 18.7 Å². The third-order valence-electron chi connectivity index (χ3n) is 7.55. The molecule has 7 rings (SSSR count). The van der Waals surface area contributed by atoms with E-state index in [0.29, 0.717) is 11.8 Å². The molecule has 1 heteroatoms. The van der Waals surface area contributed by atoms with E-state index in [2.05, 4.69) is 109 Å². The maximum atomic E-state index is 2.49. The van der Waals surface area contributed by atoms with Gasteiger partial charge in [0.2, 0.25) is 0 Å². The van der Waals surface area contributed by atoms with Crippen LogP contribution in [0.25, 0.3) is 12.2 Å². The summed E-state index contributed by atoms with van der Waals surface area (Å²) >= 11 is -0.992. The van der Waals surface area contributed by atoms with Gasteiger partial charge in [0.1, 0.15) is 0 Å². The molecule has 3 aliphatic rings. The molecule has 0 nitrogen and oxygen atoms in total. The molecular formula is C32H24Zr. The van der Waals surface area contributed by atoms with Crippen molar-refractivity contribution in [2.45, 2.75) is 24.7 Å². The molecule has 2 aliphatic carbocycles. The van der Waals surface area contributed by atoms with E-state index >= 15 is 0 Å². The standard InChI is InChI=1S/C32H24.Zr/c1-3-11-23(12-4-1)31-27(21-25-15-7-9-17-29(25)31)19-20-28-22-26-16-8-10-18-30(26)32(28)24-13-5-2-6-14-24;/h1-11,13,15-18,21-22,31-32H,19-20H2;. The van der Waals surface area contributed by atoms with Gasteiger partial charge in [-0.05, 0) is 0 Å². The van der Waals surface area contributed by atoms with Gasteiger partial charge in [0.05, 0.1) is 0 Å². The first-order valence-electron chi connectivity index (χ1n) is 11.9. The van der Waals surface area contributed by atoms with E-state index in [-0.39, 0.29) is 0 Å². The Morgan fingerprint density at radius 2 is 0.848 bits per heavy atom. The predicted molar refractivity (Wildman–Crippen MR) is 134 cm³/mol. The van der Waals surface area contributed by atoms with E-state index in [1.54, 1.807) is 28.8 Å². The number of hydrogen-bond donors (Lipinski definition) is 0. The van der Waals surface area contributed by atoms with Gasteiger partial charge in [-0.25, -0.2) is 0 Å². The summed E-state index contributed by atoms with van der Waals surface area (Å²) in [5.41, 5.74) is 12.1. The third kappa shape index (κ3) is 3.21. The van der Waals surface area contributed by atoms with Crippen LogP contribution in [0.1, 0.15) is 58.1 Å². The molecule has 2 unspecified atom stereocenters. The Labute approximate surface area is 207 Å². The Kier molecular flexibility index (Phi) is 4.73. The van der Waals surface area contributed by atoms with Gasteiger partial charge in [0.25, 0.3) is 0 Å². The Morgan fingerprint density at radius 3 is 1.33 bits per heavy atom. The van der Waals surface area contributed by atoms with E-state index in [1.807, 2.05) is 0 Å². The van der Waals surface area contributed by atoms with Gasteiger partial charge in [-0.3, -0.25) is 0 Å². The van der Waals surface area contributed by atoms with Crippen LogP contribution in [0.5, 0.6) is 0 Å². The van der Waals surface area contributed by atoms with E-state index in [9.17, 15) is 0 Å². The van der Waals surface area contributed by atoms with Crippen LogP contribution in [0.3, 0.4) is 0 Å². The molecule has 33 heavy (non-hydrogen) atoms. The maximum absolute atomic E-state index is 2.49. The molecule has 0 saturated heterocycles. The van der Waals surface area contributed by atoms with Crippen molar-refractivity contribution in [2.75, 3.05) is 0 Å². The van der Waals surface area contributed by atoms with Gasteiger partial charge < -0.3 is 0 Å². The Balaban J connectivity index is 1.46. The number of fused-ring (bicyclic) bond motifs is 10. The summed E-state index contributed by atoms with van der Waals surface area (Å²) in [6, 6.07) is 36.8. The molecule has 0 N–H and O–H groups in total. The van der Waals surface area contributed by atoms with E-state index in [0.717, 1.165) is 12.8 Å². The fourth-order valence-electron chi connectivity index (χ4n) is 6.10. The third-order valence-corrected chi connectivity index (χ3v) is 11.1. The molecule has 0 bridgehead atoms. The number of hydrogen-bond acceptors (Lipinski definition) is 0. The Hall–Kier alpha value is -2.76. The summed E-state index contributed by atoms with van der Waals surface area (Å²) < 4.78 is 3.25. The van der Waals surface area contributed by atoms with Crippen LogP contribution in [-0.4, -0.2) is 0 Å². The predicted octanol–water partition coefficient (Wildman–Crippen LogP) is 6.57. The van der Waals surface area contributed by atoms with Crippen molar-refractivity contribution in [3.05, 3.63) is 142 Å². The molecule has 1 heterocycles. The van der Waals surface area contributed by atoms with Crippen LogP contribution < -0.4 is 6.54 Å². The minimum atomic E-state index is -0.992. The second-order valence-electron chi connectivity index (χ2n) is 9.36. The van der Waals surface area contributed by atoms with Gasteiger partial charge in [-0.2, -0.15) is 0 Å². The summed E-state index contributed by atoms with van der Waals surface area (Å²) in [4.78, 5) is 0. The fraction of sp³-hybridized carbons (Fsp3) is 0.125. The summed E-state index contributed by atoms with van der Waals surface area (Å²) in [6.07, 6.45) is 7.23. The Bertz CT molecular complexity index is 1340. The summed E-state index contributed by atoms with van der Waals surface area (Å²) in [7, 11) is 0. The van der Waals surface area contributed by atoms with Gasteiger partial charge >= 0.3 is 208 Å². The molecule has 0 aromatic heterocycles. The minimum absolute atomic E-state index is 0.409. The number of benzene rings is 4. The topological polar surface area (TPSA) is 0 Å². The first kappa shape index (κ1) is 19.7. The molecule has 0 spiro atoms. The molecule has 4 aromatic carbocycles. The second kappa shape index (κ2) is 7.93. The van der Waals surface area contributed by atoms with Crippen LogP contribution in [0.4, 0.5) is 0 Å².